The van der Waals surface area contributed by atoms with Gasteiger partial charge in [0.2, 0.25) is 0 Å². The van der Waals surface area contributed by atoms with E-state index in [0.29, 0.717) is 19.8 Å². The molecule has 4 heteroatoms. The van der Waals surface area contributed by atoms with Crippen molar-refractivity contribution in [2.45, 2.75) is 38.8 Å². The Bertz CT molecular complexity index is 375. The Labute approximate surface area is 117 Å². The monoisotopic (exact) mass is 314 g/mol. The van der Waals surface area contributed by atoms with Crippen LogP contribution in [0.15, 0.2) is 28.7 Å². The molecule has 0 amide bonds. The molecule has 1 fully saturated rings. The fraction of sp³-hybridized carbons (Fsp3) is 0.571. The summed E-state index contributed by atoms with van der Waals surface area (Å²) in [6.45, 7) is 5.88. The van der Waals surface area contributed by atoms with Crippen molar-refractivity contribution in [2.24, 2.45) is 0 Å². The SMILES string of the molecule is CC1(C)OC[C@H](CCOCc2ccc(Br)cc2)O1. The summed E-state index contributed by atoms with van der Waals surface area (Å²) in [6.07, 6.45) is 1.03. The molecule has 1 heterocycles. The fourth-order valence-corrected chi connectivity index (χ4v) is 2.16. The van der Waals surface area contributed by atoms with Crippen LogP contribution < -0.4 is 0 Å². The number of rotatable bonds is 5. The smallest absolute Gasteiger partial charge is 0.163 e. The van der Waals surface area contributed by atoms with Crippen molar-refractivity contribution in [3.63, 3.8) is 0 Å². The quantitative estimate of drug-likeness (QED) is 0.778. The van der Waals surface area contributed by atoms with Gasteiger partial charge in [-0.25, -0.2) is 0 Å². The molecule has 3 nitrogen and oxygen atoms in total. The van der Waals surface area contributed by atoms with Crippen LogP contribution in [-0.2, 0) is 20.8 Å². The zero-order valence-electron chi connectivity index (χ0n) is 10.8. The highest BCUT2D eigenvalue weighted by Crippen LogP contribution is 2.24. The van der Waals surface area contributed by atoms with Crippen molar-refractivity contribution < 1.29 is 14.2 Å². The van der Waals surface area contributed by atoms with Crippen LogP contribution in [-0.4, -0.2) is 25.1 Å². The largest absolute Gasteiger partial charge is 0.377 e. The van der Waals surface area contributed by atoms with Gasteiger partial charge in [-0.2, -0.15) is 0 Å². The molecule has 0 aromatic heterocycles. The summed E-state index contributed by atoms with van der Waals surface area (Å²) in [5, 5.41) is 0. The number of ether oxygens (including phenoxy) is 3. The van der Waals surface area contributed by atoms with Gasteiger partial charge in [-0.05, 0) is 38.0 Å². The van der Waals surface area contributed by atoms with E-state index < -0.39 is 5.79 Å². The predicted octanol–water partition coefficient (Wildman–Crippen LogP) is 3.51. The Morgan fingerprint density at radius 1 is 1.33 bits per heavy atom. The molecule has 0 aliphatic carbocycles. The molecule has 0 N–H and O–H groups in total. The first-order valence-corrected chi connectivity index (χ1v) is 6.98. The summed E-state index contributed by atoms with van der Waals surface area (Å²) in [5.74, 6) is -0.434. The molecule has 0 unspecified atom stereocenters. The van der Waals surface area contributed by atoms with E-state index in [1.807, 2.05) is 26.0 Å². The van der Waals surface area contributed by atoms with Gasteiger partial charge >= 0.3 is 0 Å². The molecule has 1 aliphatic rings. The first-order valence-electron chi connectivity index (χ1n) is 6.19. The van der Waals surface area contributed by atoms with Crippen molar-refractivity contribution in [1.82, 2.24) is 0 Å². The minimum Gasteiger partial charge on any atom is -0.377 e. The number of benzene rings is 1. The number of halogens is 1. The molecule has 0 saturated carbocycles. The van der Waals surface area contributed by atoms with Crippen LogP contribution in [0.4, 0.5) is 0 Å². The molecular weight excluding hydrogens is 296 g/mol. The number of hydrogen-bond donors (Lipinski definition) is 0. The Kier molecular flexibility index (Phi) is 4.78. The van der Waals surface area contributed by atoms with E-state index in [2.05, 4.69) is 28.1 Å². The van der Waals surface area contributed by atoms with Gasteiger partial charge < -0.3 is 14.2 Å². The van der Waals surface area contributed by atoms with E-state index in [1.54, 1.807) is 0 Å². The topological polar surface area (TPSA) is 27.7 Å². The molecule has 1 aliphatic heterocycles. The molecular formula is C14H19BrO3. The van der Waals surface area contributed by atoms with Crippen molar-refractivity contribution in [3.8, 4) is 0 Å². The van der Waals surface area contributed by atoms with E-state index >= 15 is 0 Å². The fourth-order valence-electron chi connectivity index (χ4n) is 1.89. The van der Waals surface area contributed by atoms with Crippen LogP contribution in [0.3, 0.4) is 0 Å². The Morgan fingerprint density at radius 3 is 2.67 bits per heavy atom. The van der Waals surface area contributed by atoms with Gasteiger partial charge in [0.05, 0.1) is 19.3 Å². The molecule has 100 valence electrons. The van der Waals surface area contributed by atoms with E-state index in [-0.39, 0.29) is 6.10 Å². The zero-order chi connectivity index (χ0) is 13.0. The van der Waals surface area contributed by atoms with E-state index in [0.717, 1.165) is 10.9 Å². The zero-order valence-corrected chi connectivity index (χ0v) is 12.4. The maximum atomic E-state index is 5.71. The Hall–Kier alpha value is -0.420. The van der Waals surface area contributed by atoms with Crippen LogP contribution in [0.5, 0.6) is 0 Å². The van der Waals surface area contributed by atoms with Crippen molar-refractivity contribution in [3.05, 3.63) is 34.3 Å². The lowest BCUT2D eigenvalue weighted by molar-refractivity contribution is -0.140. The molecule has 1 atom stereocenters. The molecule has 0 radical (unpaired) electrons. The first kappa shape index (κ1) is 14.0. The molecule has 2 rings (SSSR count). The summed E-state index contributed by atoms with van der Waals surface area (Å²) in [4.78, 5) is 0. The minimum atomic E-state index is -0.434. The molecule has 1 aromatic rings. The van der Waals surface area contributed by atoms with Crippen molar-refractivity contribution in [2.75, 3.05) is 13.2 Å². The summed E-state index contributed by atoms with van der Waals surface area (Å²) in [6, 6.07) is 8.16. The van der Waals surface area contributed by atoms with Gasteiger partial charge in [-0.3, -0.25) is 0 Å². The number of hydrogen-bond acceptors (Lipinski definition) is 3. The second kappa shape index (κ2) is 6.15. The highest BCUT2D eigenvalue weighted by Gasteiger charge is 2.32. The second-order valence-electron chi connectivity index (χ2n) is 4.92. The molecule has 0 spiro atoms. The van der Waals surface area contributed by atoms with Gasteiger partial charge in [-0.15, -0.1) is 0 Å². The highest BCUT2D eigenvalue weighted by atomic mass is 79.9. The van der Waals surface area contributed by atoms with Gasteiger partial charge in [0.1, 0.15) is 0 Å². The summed E-state index contributed by atoms with van der Waals surface area (Å²) < 4.78 is 17.9. The Morgan fingerprint density at radius 2 is 2.06 bits per heavy atom. The lowest BCUT2D eigenvalue weighted by Gasteiger charge is -2.17. The maximum absolute atomic E-state index is 5.71. The standard InChI is InChI=1S/C14H19BrO3/c1-14(2)17-10-13(18-14)7-8-16-9-11-3-5-12(15)6-4-11/h3-6,13H,7-10H2,1-2H3/t13-/m0/s1. The normalized spacial score (nSPS) is 22.3. The lowest BCUT2D eigenvalue weighted by Crippen LogP contribution is -2.22. The summed E-state index contributed by atoms with van der Waals surface area (Å²) in [5.41, 5.74) is 1.18. The lowest BCUT2D eigenvalue weighted by atomic mass is 10.2. The van der Waals surface area contributed by atoms with Crippen molar-refractivity contribution in [1.29, 1.82) is 0 Å². The first-order chi connectivity index (χ1) is 8.55. The van der Waals surface area contributed by atoms with E-state index in [1.165, 1.54) is 5.56 Å². The van der Waals surface area contributed by atoms with Crippen LogP contribution in [0.1, 0.15) is 25.8 Å². The molecule has 1 aromatic carbocycles. The third-order valence-corrected chi connectivity index (χ3v) is 3.36. The van der Waals surface area contributed by atoms with Crippen LogP contribution >= 0.6 is 15.9 Å². The summed E-state index contributed by atoms with van der Waals surface area (Å²) >= 11 is 3.41. The maximum Gasteiger partial charge on any atom is 0.163 e. The molecule has 0 bridgehead atoms. The minimum absolute atomic E-state index is 0.157. The van der Waals surface area contributed by atoms with Crippen LogP contribution in [0.25, 0.3) is 0 Å². The van der Waals surface area contributed by atoms with Crippen LogP contribution in [0, 0.1) is 0 Å². The van der Waals surface area contributed by atoms with Crippen molar-refractivity contribution >= 4 is 15.9 Å². The molecule has 18 heavy (non-hydrogen) atoms. The predicted molar refractivity (Wildman–Crippen MR) is 73.3 cm³/mol. The average Bonchev–Trinajstić information content (AvgIpc) is 2.67. The van der Waals surface area contributed by atoms with Crippen LogP contribution in [0.2, 0.25) is 0 Å². The molecule has 1 saturated heterocycles. The van der Waals surface area contributed by atoms with Gasteiger partial charge in [0, 0.05) is 11.1 Å². The third kappa shape index (κ3) is 4.35. The van der Waals surface area contributed by atoms with Gasteiger partial charge in [0.25, 0.3) is 0 Å². The summed E-state index contributed by atoms with van der Waals surface area (Å²) in [7, 11) is 0. The van der Waals surface area contributed by atoms with E-state index in [9.17, 15) is 0 Å². The highest BCUT2D eigenvalue weighted by molar-refractivity contribution is 9.10. The second-order valence-corrected chi connectivity index (χ2v) is 5.83. The van der Waals surface area contributed by atoms with Gasteiger partial charge in [0.15, 0.2) is 5.79 Å². The van der Waals surface area contributed by atoms with E-state index in [4.69, 9.17) is 14.2 Å². The third-order valence-electron chi connectivity index (χ3n) is 2.83. The average molecular weight is 315 g/mol. The Balaban J connectivity index is 1.63. The van der Waals surface area contributed by atoms with Gasteiger partial charge in [-0.1, -0.05) is 28.1 Å².